The third-order valence-corrected chi connectivity index (χ3v) is 6.51. The molecule has 5 heteroatoms. The first-order chi connectivity index (χ1) is 14.5. The van der Waals surface area contributed by atoms with Gasteiger partial charge >= 0.3 is 0 Å². The molecular formula is C25H29ClFN3. The van der Waals surface area contributed by atoms with E-state index in [1.807, 2.05) is 18.3 Å². The predicted molar refractivity (Wildman–Crippen MR) is 122 cm³/mol. The minimum Gasteiger partial charge on any atom is -0.299 e. The van der Waals surface area contributed by atoms with E-state index in [0.717, 1.165) is 41.6 Å². The van der Waals surface area contributed by atoms with Gasteiger partial charge in [0.15, 0.2) is 0 Å². The topological polar surface area (TPSA) is 37.0 Å². The first-order valence-corrected chi connectivity index (χ1v) is 11.2. The summed E-state index contributed by atoms with van der Waals surface area (Å²) in [5, 5.41) is 9.09. The lowest BCUT2D eigenvalue weighted by Gasteiger charge is -2.33. The zero-order chi connectivity index (χ0) is 21.1. The molecule has 1 aliphatic rings. The Kier molecular flexibility index (Phi) is 6.67. The standard InChI is InChI=1S/C25H29ClFN3/c1-16(18-3-7-20(26)8-4-18)29-17(2)30-22-10-5-19(6-11-22)23-13-14-28-25-12-9-21(27)15-24(23)25/h3-4,7-9,12-17,19,22,29-30H,5-6,10-11H2,1-2H3/t16-,17?,19?,22?/m0/s1. The predicted octanol–water partition coefficient (Wildman–Crippen LogP) is 6.34. The van der Waals surface area contributed by atoms with Crippen LogP contribution in [0.15, 0.2) is 54.7 Å². The van der Waals surface area contributed by atoms with Crippen molar-refractivity contribution in [1.82, 2.24) is 15.6 Å². The van der Waals surface area contributed by atoms with Gasteiger partial charge in [-0.1, -0.05) is 23.7 Å². The highest BCUT2D eigenvalue weighted by molar-refractivity contribution is 6.30. The fraction of sp³-hybridized carbons (Fsp3) is 0.400. The molecule has 1 fully saturated rings. The molecule has 0 radical (unpaired) electrons. The summed E-state index contributed by atoms with van der Waals surface area (Å²) in [5.74, 6) is 0.272. The molecule has 0 spiro atoms. The van der Waals surface area contributed by atoms with Gasteiger partial charge < -0.3 is 0 Å². The van der Waals surface area contributed by atoms with Crippen LogP contribution in [0.5, 0.6) is 0 Å². The molecule has 4 rings (SSSR count). The van der Waals surface area contributed by atoms with Gasteiger partial charge in [-0.3, -0.25) is 15.6 Å². The number of halogens is 2. The monoisotopic (exact) mass is 425 g/mol. The number of rotatable bonds is 6. The van der Waals surface area contributed by atoms with Crippen molar-refractivity contribution < 1.29 is 4.39 Å². The van der Waals surface area contributed by atoms with Crippen molar-refractivity contribution >= 4 is 22.5 Å². The Hall–Kier alpha value is -2.01. The largest absolute Gasteiger partial charge is 0.299 e. The molecule has 3 nitrogen and oxygen atoms in total. The lowest BCUT2D eigenvalue weighted by Crippen LogP contribution is -2.47. The van der Waals surface area contributed by atoms with Gasteiger partial charge in [0.2, 0.25) is 0 Å². The second-order valence-corrected chi connectivity index (χ2v) is 8.87. The summed E-state index contributed by atoms with van der Waals surface area (Å²) in [6, 6.07) is 15.7. The first-order valence-electron chi connectivity index (χ1n) is 10.8. The van der Waals surface area contributed by atoms with E-state index in [9.17, 15) is 4.39 Å². The Morgan fingerprint density at radius 3 is 2.47 bits per heavy atom. The zero-order valence-electron chi connectivity index (χ0n) is 17.5. The van der Waals surface area contributed by atoms with Gasteiger partial charge in [0.1, 0.15) is 5.82 Å². The van der Waals surface area contributed by atoms with Gasteiger partial charge in [0.25, 0.3) is 0 Å². The van der Waals surface area contributed by atoms with E-state index in [1.165, 1.54) is 17.2 Å². The van der Waals surface area contributed by atoms with Crippen molar-refractivity contribution in [3.63, 3.8) is 0 Å². The van der Waals surface area contributed by atoms with E-state index < -0.39 is 0 Å². The van der Waals surface area contributed by atoms with Crippen LogP contribution in [-0.2, 0) is 0 Å². The molecule has 0 amide bonds. The molecule has 0 aliphatic heterocycles. The highest BCUT2D eigenvalue weighted by Crippen LogP contribution is 2.36. The average molecular weight is 426 g/mol. The van der Waals surface area contributed by atoms with Crippen LogP contribution < -0.4 is 10.6 Å². The molecule has 1 heterocycles. The molecule has 2 atom stereocenters. The van der Waals surface area contributed by atoms with E-state index in [0.29, 0.717) is 12.0 Å². The smallest absolute Gasteiger partial charge is 0.123 e. The minimum absolute atomic E-state index is 0.193. The van der Waals surface area contributed by atoms with E-state index in [1.54, 1.807) is 12.1 Å². The summed E-state index contributed by atoms with van der Waals surface area (Å²) in [6.07, 6.45) is 6.51. The fourth-order valence-electron chi connectivity index (χ4n) is 4.69. The van der Waals surface area contributed by atoms with Crippen LogP contribution in [0.1, 0.15) is 62.6 Å². The van der Waals surface area contributed by atoms with Gasteiger partial charge in [0.05, 0.1) is 11.7 Å². The van der Waals surface area contributed by atoms with Crippen LogP contribution in [0.2, 0.25) is 5.02 Å². The maximum atomic E-state index is 13.8. The zero-order valence-corrected chi connectivity index (χ0v) is 18.3. The van der Waals surface area contributed by atoms with Crippen LogP contribution in [0, 0.1) is 5.82 Å². The summed E-state index contributed by atoms with van der Waals surface area (Å²) in [7, 11) is 0. The summed E-state index contributed by atoms with van der Waals surface area (Å²) in [5.41, 5.74) is 3.34. The summed E-state index contributed by atoms with van der Waals surface area (Å²) in [4.78, 5) is 4.39. The summed E-state index contributed by atoms with van der Waals surface area (Å²) >= 11 is 5.99. The van der Waals surface area contributed by atoms with Gasteiger partial charge in [-0.05, 0) is 93.0 Å². The highest BCUT2D eigenvalue weighted by Gasteiger charge is 2.25. The molecule has 158 valence electrons. The number of hydrogen-bond donors (Lipinski definition) is 2. The second kappa shape index (κ2) is 9.42. The van der Waals surface area contributed by atoms with E-state index >= 15 is 0 Å². The number of aromatic nitrogens is 1. The third-order valence-electron chi connectivity index (χ3n) is 6.26. The Morgan fingerprint density at radius 1 is 1.00 bits per heavy atom. The number of fused-ring (bicyclic) bond motifs is 1. The lowest BCUT2D eigenvalue weighted by molar-refractivity contribution is 0.291. The molecule has 0 bridgehead atoms. The van der Waals surface area contributed by atoms with E-state index in [4.69, 9.17) is 11.6 Å². The second-order valence-electron chi connectivity index (χ2n) is 8.44. The van der Waals surface area contributed by atoms with E-state index in [-0.39, 0.29) is 18.0 Å². The molecule has 1 aliphatic carbocycles. The van der Waals surface area contributed by atoms with Gasteiger partial charge in [0, 0.05) is 28.7 Å². The van der Waals surface area contributed by atoms with Crippen molar-refractivity contribution in [2.45, 2.75) is 63.7 Å². The molecule has 1 aromatic heterocycles. The van der Waals surface area contributed by atoms with Gasteiger partial charge in [-0.15, -0.1) is 0 Å². The fourth-order valence-corrected chi connectivity index (χ4v) is 4.82. The first kappa shape index (κ1) is 21.2. The van der Waals surface area contributed by atoms with E-state index in [2.05, 4.69) is 47.7 Å². The van der Waals surface area contributed by atoms with Crippen LogP contribution in [-0.4, -0.2) is 17.2 Å². The van der Waals surface area contributed by atoms with Crippen molar-refractivity contribution in [3.8, 4) is 0 Å². The van der Waals surface area contributed by atoms with Crippen LogP contribution in [0.25, 0.3) is 10.9 Å². The molecule has 3 aromatic rings. The maximum absolute atomic E-state index is 13.8. The lowest BCUT2D eigenvalue weighted by atomic mass is 9.80. The SMILES string of the molecule is CC(NC1CCC(c2ccnc3ccc(F)cc23)CC1)N[C@@H](C)c1ccc(Cl)cc1. The molecule has 2 N–H and O–H groups in total. The van der Waals surface area contributed by atoms with Crippen molar-refractivity contribution in [1.29, 1.82) is 0 Å². The number of nitrogens with zero attached hydrogens (tertiary/aromatic N) is 1. The van der Waals surface area contributed by atoms with Gasteiger partial charge in [-0.2, -0.15) is 0 Å². The minimum atomic E-state index is -0.193. The number of hydrogen-bond acceptors (Lipinski definition) is 3. The summed E-state index contributed by atoms with van der Waals surface area (Å²) in [6.45, 7) is 4.35. The molecule has 0 saturated heterocycles. The maximum Gasteiger partial charge on any atom is 0.123 e. The highest BCUT2D eigenvalue weighted by atomic mass is 35.5. The van der Waals surface area contributed by atoms with Crippen molar-refractivity contribution in [2.24, 2.45) is 0 Å². The normalized spacial score (nSPS) is 21.5. The van der Waals surface area contributed by atoms with Crippen molar-refractivity contribution in [2.75, 3.05) is 0 Å². The Balaban J connectivity index is 1.32. The van der Waals surface area contributed by atoms with Crippen molar-refractivity contribution in [3.05, 3.63) is 76.7 Å². The number of benzene rings is 2. The average Bonchev–Trinajstić information content (AvgIpc) is 2.74. The molecule has 1 saturated carbocycles. The number of pyridine rings is 1. The Morgan fingerprint density at radius 2 is 1.73 bits per heavy atom. The third kappa shape index (κ3) is 5.00. The van der Waals surface area contributed by atoms with Crippen LogP contribution in [0.4, 0.5) is 4.39 Å². The number of nitrogens with one attached hydrogen (secondary N) is 2. The molecule has 2 aromatic carbocycles. The molecule has 30 heavy (non-hydrogen) atoms. The molecular weight excluding hydrogens is 397 g/mol. The Bertz CT molecular complexity index is 983. The quantitative estimate of drug-likeness (QED) is 0.452. The van der Waals surface area contributed by atoms with Crippen LogP contribution >= 0.6 is 11.6 Å². The summed E-state index contributed by atoms with van der Waals surface area (Å²) < 4.78 is 13.8. The van der Waals surface area contributed by atoms with Gasteiger partial charge in [-0.25, -0.2) is 4.39 Å². The molecule has 1 unspecified atom stereocenters. The van der Waals surface area contributed by atoms with Crippen LogP contribution in [0.3, 0.4) is 0 Å². The Labute approximate surface area is 183 Å².